The molecule has 2 aromatic carbocycles. The molecular formula is C25H20FN5O2. The molecule has 0 fully saturated rings. The fourth-order valence-corrected chi connectivity index (χ4v) is 3.36. The lowest BCUT2D eigenvalue weighted by atomic mass is 10.1. The fourth-order valence-electron chi connectivity index (χ4n) is 3.36. The molecule has 0 aliphatic heterocycles. The van der Waals surface area contributed by atoms with Crippen molar-refractivity contribution < 1.29 is 14.0 Å². The SMILES string of the molecule is Cc1cc(CNC(=O)c2cn3c(C(=O)NCc4ccc(C#N)cc4)cccc3n2)ccc1F. The molecule has 2 heterocycles. The first kappa shape index (κ1) is 21.7. The molecule has 2 N–H and O–H groups in total. The summed E-state index contributed by atoms with van der Waals surface area (Å²) in [5, 5.41) is 14.5. The number of nitrogens with one attached hydrogen (secondary N) is 2. The van der Waals surface area contributed by atoms with Gasteiger partial charge in [0.15, 0.2) is 0 Å². The molecule has 7 nitrogen and oxygen atoms in total. The van der Waals surface area contributed by atoms with Crippen LogP contribution in [0.25, 0.3) is 5.65 Å². The van der Waals surface area contributed by atoms with Crippen LogP contribution in [0.4, 0.5) is 4.39 Å². The summed E-state index contributed by atoms with van der Waals surface area (Å²) in [5.74, 6) is -1.02. The minimum absolute atomic E-state index is 0.168. The highest BCUT2D eigenvalue weighted by Gasteiger charge is 2.15. The van der Waals surface area contributed by atoms with E-state index in [1.54, 1.807) is 65.9 Å². The number of rotatable bonds is 6. The van der Waals surface area contributed by atoms with E-state index < -0.39 is 5.91 Å². The molecule has 0 saturated heterocycles. The second-order valence-electron chi connectivity index (χ2n) is 7.52. The molecule has 4 aromatic rings. The van der Waals surface area contributed by atoms with Crippen LogP contribution in [0.2, 0.25) is 0 Å². The number of benzene rings is 2. The molecule has 2 aromatic heterocycles. The van der Waals surface area contributed by atoms with Crippen molar-refractivity contribution >= 4 is 17.5 Å². The standard InChI is InChI=1S/C25H20FN5O2/c1-16-11-19(9-10-20(16)26)14-28-24(32)21-15-31-22(3-2-4-23(31)30-21)25(33)29-13-18-7-5-17(12-27)6-8-18/h2-11,15H,13-14H2,1H3,(H,28,32)(H,29,33). The second kappa shape index (κ2) is 9.32. The summed E-state index contributed by atoms with van der Waals surface area (Å²) in [5.41, 5.74) is 3.65. The van der Waals surface area contributed by atoms with E-state index in [4.69, 9.17) is 5.26 Å². The maximum atomic E-state index is 13.4. The minimum Gasteiger partial charge on any atom is -0.347 e. The molecule has 0 bridgehead atoms. The first-order chi connectivity index (χ1) is 15.9. The maximum Gasteiger partial charge on any atom is 0.271 e. The van der Waals surface area contributed by atoms with E-state index in [1.807, 2.05) is 0 Å². The number of carbonyl (C=O) groups is 2. The highest BCUT2D eigenvalue weighted by molar-refractivity contribution is 5.95. The number of imidazole rings is 1. The average molecular weight is 441 g/mol. The Kier molecular flexibility index (Phi) is 6.13. The van der Waals surface area contributed by atoms with Gasteiger partial charge < -0.3 is 10.6 Å². The van der Waals surface area contributed by atoms with Gasteiger partial charge in [0.25, 0.3) is 11.8 Å². The van der Waals surface area contributed by atoms with Crippen LogP contribution in [0.5, 0.6) is 0 Å². The fraction of sp³-hybridized carbons (Fsp3) is 0.120. The van der Waals surface area contributed by atoms with E-state index in [1.165, 1.54) is 12.3 Å². The highest BCUT2D eigenvalue weighted by atomic mass is 19.1. The number of pyridine rings is 1. The Morgan fingerprint density at radius 1 is 1.00 bits per heavy atom. The van der Waals surface area contributed by atoms with Crippen LogP contribution in [-0.4, -0.2) is 21.2 Å². The van der Waals surface area contributed by atoms with Gasteiger partial charge in [-0.05, 0) is 53.9 Å². The number of halogens is 1. The number of aryl methyl sites for hydroxylation is 1. The van der Waals surface area contributed by atoms with Crippen molar-refractivity contribution in [2.45, 2.75) is 20.0 Å². The topological polar surface area (TPSA) is 99.3 Å². The van der Waals surface area contributed by atoms with Gasteiger partial charge in [-0.15, -0.1) is 0 Å². The third kappa shape index (κ3) is 4.88. The van der Waals surface area contributed by atoms with Crippen molar-refractivity contribution in [2.24, 2.45) is 0 Å². The van der Waals surface area contributed by atoms with Crippen molar-refractivity contribution in [3.63, 3.8) is 0 Å². The summed E-state index contributed by atoms with van der Waals surface area (Å²) < 4.78 is 15.0. The van der Waals surface area contributed by atoms with Crippen LogP contribution in [0, 0.1) is 24.1 Å². The van der Waals surface area contributed by atoms with Gasteiger partial charge in [-0.1, -0.05) is 30.3 Å². The number of nitriles is 1. The number of amides is 2. The Labute approximate surface area is 189 Å². The Bertz CT molecular complexity index is 1390. The molecule has 4 rings (SSSR count). The summed E-state index contributed by atoms with van der Waals surface area (Å²) in [6.45, 7) is 2.18. The molecule has 0 unspecified atom stereocenters. The maximum absolute atomic E-state index is 13.4. The lowest BCUT2D eigenvalue weighted by molar-refractivity contribution is 0.0935. The van der Waals surface area contributed by atoms with Gasteiger partial charge in [-0.2, -0.15) is 5.26 Å². The Hall–Kier alpha value is -4.51. The Morgan fingerprint density at radius 3 is 2.42 bits per heavy atom. The highest BCUT2D eigenvalue weighted by Crippen LogP contribution is 2.12. The van der Waals surface area contributed by atoms with E-state index in [0.29, 0.717) is 29.0 Å². The number of carbonyl (C=O) groups excluding carboxylic acids is 2. The number of nitrogens with zero attached hydrogens (tertiary/aromatic N) is 3. The Balaban J connectivity index is 1.46. The zero-order valence-corrected chi connectivity index (χ0v) is 17.8. The zero-order chi connectivity index (χ0) is 23.4. The van der Waals surface area contributed by atoms with Crippen LogP contribution < -0.4 is 10.6 Å². The average Bonchev–Trinajstić information content (AvgIpc) is 3.28. The van der Waals surface area contributed by atoms with Crippen molar-refractivity contribution in [2.75, 3.05) is 0 Å². The molecule has 0 atom stereocenters. The molecule has 0 radical (unpaired) electrons. The second-order valence-corrected chi connectivity index (χ2v) is 7.52. The minimum atomic E-state index is -0.399. The monoisotopic (exact) mass is 441 g/mol. The molecule has 33 heavy (non-hydrogen) atoms. The van der Waals surface area contributed by atoms with E-state index in [2.05, 4.69) is 21.7 Å². The first-order valence-corrected chi connectivity index (χ1v) is 10.2. The summed E-state index contributed by atoms with van der Waals surface area (Å²) in [7, 11) is 0. The number of hydrogen-bond donors (Lipinski definition) is 2. The van der Waals surface area contributed by atoms with Crippen LogP contribution in [0.1, 0.15) is 43.2 Å². The molecule has 0 aliphatic rings. The van der Waals surface area contributed by atoms with Crippen molar-refractivity contribution in [3.05, 3.63) is 106 Å². The molecule has 0 aliphatic carbocycles. The molecular weight excluding hydrogens is 421 g/mol. The molecule has 164 valence electrons. The molecule has 2 amide bonds. The first-order valence-electron chi connectivity index (χ1n) is 10.2. The number of fused-ring (bicyclic) bond motifs is 1. The van der Waals surface area contributed by atoms with Crippen LogP contribution >= 0.6 is 0 Å². The summed E-state index contributed by atoms with van der Waals surface area (Å²) >= 11 is 0. The molecule has 0 saturated carbocycles. The van der Waals surface area contributed by atoms with Crippen LogP contribution in [-0.2, 0) is 13.1 Å². The lowest BCUT2D eigenvalue weighted by Crippen LogP contribution is -2.25. The van der Waals surface area contributed by atoms with Crippen LogP contribution in [0.3, 0.4) is 0 Å². The smallest absolute Gasteiger partial charge is 0.271 e. The van der Waals surface area contributed by atoms with Gasteiger partial charge in [0.1, 0.15) is 22.9 Å². The van der Waals surface area contributed by atoms with Crippen LogP contribution in [0.15, 0.2) is 66.9 Å². The van der Waals surface area contributed by atoms with Gasteiger partial charge in [-0.3, -0.25) is 14.0 Å². The van der Waals surface area contributed by atoms with Gasteiger partial charge in [0.05, 0.1) is 11.6 Å². The predicted octanol–water partition coefficient (Wildman–Crippen LogP) is 3.51. The van der Waals surface area contributed by atoms with Gasteiger partial charge >= 0.3 is 0 Å². The van der Waals surface area contributed by atoms with Gasteiger partial charge in [0.2, 0.25) is 0 Å². The predicted molar refractivity (Wildman–Crippen MR) is 120 cm³/mol. The number of aromatic nitrogens is 2. The summed E-state index contributed by atoms with van der Waals surface area (Å²) in [6, 6.07) is 18.7. The third-order valence-corrected chi connectivity index (χ3v) is 5.17. The normalized spacial score (nSPS) is 10.6. The van der Waals surface area contributed by atoms with Gasteiger partial charge in [0, 0.05) is 19.3 Å². The van der Waals surface area contributed by atoms with E-state index in [0.717, 1.165) is 11.1 Å². The van der Waals surface area contributed by atoms with Gasteiger partial charge in [-0.25, -0.2) is 9.37 Å². The lowest BCUT2D eigenvalue weighted by Gasteiger charge is -2.07. The summed E-state index contributed by atoms with van der Waals surface area (Å²) in [4.78, 5) is 29.7. The number of hydrogen-bond acceptors (Lipinski definition) is 4. The Morgan fingerprint density at radius 2 is 1.70 bits per heavy atom. The summed E-state index contributed by atoms with van der Waals surface area (Å²) in [6.07, 6.45) is 1.51. The quantitative estimate of drug-likeness (QED) is 0.478. The third-order valence-electron chi connectivity index (χ3n) is 5.17. The largest absolute Gasteiger partial charge is 0.347 e. The van der Waals surface area contributed by atoms with Crippen molar-refractivity contribution in [1.29, 1.82) is 5.26 Å². The van der Waals surface area contributed by atoms with E-state index in [9.17, 15) is 14.0 Å². The molecule has 8 heteroatoms. The van der Waals surface area contributed by atoms with Crippen molar-refractivity contribution in [3.8, 4) is 6.07 Å². The zero-order valence-electron chi connectivity index (χ0n) is 17.8. The van der Waals surface area contributed by atoms with E-state index in [-0.39, 0.29) is 24.0 Å². The van der Waals surface area contributed by atoms with Crippen molar-refractivity contribution in [1.82, 2.24) is 20.0 Å². The van der Waals surface area contributed by atoms with E-state index >= 15 is 0 Å². The molecule has 0 spiro atoms.